The Balaban J connectivity index is 2.25. The van der Waals surface area contributed by atoms with Gasteiger partial charge in [0.25, 0.3) is 0 Å². The molecule has 108 valence electrons. The van der Waals surface area contributed by atoms with Crippen molar-refractivity contribution in [1.82, 2.24) is 10.6 Å². The molecule has 4 nitrogen and oxygen atoms in total. The van der Waals surface area contributed by atoms with Crippen molar-refractivity contribution in [3.63, 3.8) is 0 Å². The van der Waals surface area contributed by atoms with Crippen molar-refractivity contribution < 1.29 is 9.84 Å². The zero-order chi connectivity index (χ0) is 13.9. The minimum atomic E-state index is 0.198. The summed E-state index contributed by atoms with van der Waals surface area (Å²) in [5.74, 6) is 0.961. The Hall–Kier alpha value is -1.10. The van der Waals surface area contributed by atoms with E-state index < -0.39 is 0 Å². The number of aliphatic hydroxyl groups excluding tert-OH is 1. The predicted molar refractivity (Wildman–Crippen MR) is 78.5 cm³/mol. The molecule has 0 amide bonds. The van der Waals surface area contributed by atoms with Crippen LogP contribution in [-0.2, 0) is 6.54 Å². The third-order valence-corrected chi connectivity index (χ3v) is 2.65. The summed E-state index contributed by atoms with van der Waals surface area (Å²) in [6, 6.07) is 8.14. The van der Waals surface area contributed by atoms with E-state index in [4.69, 9.17) is 9.84 Å². The van der Waals surface area contributed by atoms with Gasteiger partial charge in [-0.1, -0.05) is 18.2 Å². The number of aliphatic hydroxyl groups is 1. The van der Waals surface area contributed by atoms with E-state index in [1.807, 2.05) is 32.0 Å². The molecule has 0 aromatic heterocycles. The van der Waals surface area contributed by atoms with Crippen molar-refractivity contribution in [3.05, 3.63) is 29.8 Å². The maximum absolute atomic E-state index is 8.63. The lowest BCUT2D eigenvalue weighted by Gasteiger charge is -2.14. The molecule has 0 unspecified atom stereocenters. The van der Waals surface area contributed by atoms with Gasteiger partial charge in [0.1, 0.15) is 5.75 Å². The number of ether oxygens (including phenoxy) is 1. The van der Waals surface area contributed by atoms with Crippen molar-refractivity contribution in [1.29, 1.82) is 0 Å². The Bertz CT molecular complexity index is 343. The second-order valence-corrected chi connectivity index (χ2v) is 4.78. The van der Waals surface area contributed by atoms with Gasteiger partial charge in [0.2, 0.25) is 0 Å². The van der Waals surface area contributed by atoms with Crippen LogP contribution in [0.3, 0.4) is 0 Å². The zero-order valence-electron chi connectivity index (χ0n) is 12.0. The first kappa shape index (κ1) is 16.0. The number of benzene rings is 1. The normalized spacial score (nSPS) is 10.9. The highest BCUT2D eigenvalue weighted by Crippen LogP contribution is 2.18. The van der Waals surface area contributed by atoms with E-state index in [2.05, 4.69) is 16.7 Å². The summed E-state index contributed by atoms with van der Waals surface area (Å²) in [6.45, 7) is 7.65. The molecule has 0 saturated heterocycles. The number of hydrogen-bond donors (Lipinski definition) is 3. The molecule has 4 heteroatoms. The summed E-state index contributed by atoms with van der Waals surface area (Å²) < 4.78 is 5.78. The molecule has 0 fully saturated rings. The third-order valence-electron chi connectivity index (χ3n) is 2.65. The summed E-state index contributed by atoms with van der Waals surface area (Å²) in [6.07, 6.45) is 1.25. The summed E-state index contributed by atoms with van der Waals surface area (Å²) >= 11 is 0. The Kier molecular flexibility index (Phi) is 8.21. The monoisotopic (exact) mass is 266 g/mol. The molecule has 1 aromatic carbocycles. The van der Waals surface area contributed by atoms with Gasteiger partial charge in [0.05, 0.1) is 12.7 Å². The Morgan fingerprint density at radius 3 is 2.58 bits per heavy atom. The zero-order valence-corrected chi connectivity index (χ0v) is 12.0. The van der Waals surface area contributed by atoms with Crippen molar-refractivity contribution >= 4 is 0 Å². The smallest absolute Gasteiger partial charge is 0.124 e. The van der Waals surface area contributed by atoms with E-state index in [9.17, 15) is 0 Å². The molecule has 0 atom stereocenters. The highest BCUT2D eigenvalue weighted by molar-refractivity contribution is 5.33. The second kappa shape index (κ2) is 9.78. The molecule has 0 bridgehead atoms. The Labute approximate surface area is 116 Å². The Morgan fingerprint density at radius 2 is 1.84 bits per heavy atom. The van der Waals surface area contributed by atoms with Crippen LogP contribution >= 0.6 is 0 Å². The van der Waals surface area contributed by atoms with Gasteiger partial charge in [-0.05, 0) is 39.4 Å². The fourth-order valence-electron chi connectivity index (χ4n) is 1.78. The summed E-state index contributed by atoms with van der Waals surface area (Å²) in [5, 5.41) is 15.2. The topological polar surface area (TPSA) is 53.5 Å². The fraction of sp³-hybridized carbons (Fsp3) is 0.600. The molecule has 0 spiro atoms. The van der Waals surface area contributed by atoms with Crippen LogP contribution in [0.5, 0.6) is 5.75 Å². The fourth-order valence-corrected chi connectivity index (χ4v) is 1.78. The van der Waals surface area contributed by atoms with Gasteiger partial charge >= 0.3 is 0 Å². The van der Waals surface area contributed by atoms with Crippen LogP contribution in [0.2, 0.25) is 0 Å². The lowest BCUT2D eigenvalue weighted by molar-refractivity contribution is 0.239. The third kappa shape index (κ3) is 7.15. The molecule has 0 aliphatic carbocycles. The van der Waals surface area contributed by atoms with Crippen LogP contribution < -0.4 is 15.4 Å². The molecule has 19 heavy (non-hydrogen) atoms. The van der Waals surface area contributed by atoms with Gasteiger partial charge in [0.15, 0.2) is 0 Å². The molecule has 1 rings (SSSR count). The minimum Gasteiger partial charge on any atom is -0.491 e. The number of nitrogens with one attached hydrogen (secondary N) is 2. The standard InChI is InChI=1S/C15H26N2O2/c1-13(2)19-15-7-4-3-6-14(15)12-17-9-5-8-16-10-11-18/h3-4,6-7,13,16-18H,5,8-12H2,1-2H3. The van der Waals surface area contributed by atoms with E-state index >= 15 is 0 Å². The van der Waals surface area contributed by atoms with E-state index in [-0.39, 0.29) is 12.7 Å². The molecular formula is C15H26N2O2. The average molecular weight is 266 g/mol. The number of para-hydroxylation sites is 1. The van der Waals surface area contributed by atoms with Crippen LogP contribution in [0.15, 0.2) is 24.3 Å². The first-order valence-corrected chi connectivity index (χ1v) is 7.01. The number of rotatable bonds is 10. The average Bonchev–Trinajstić information content (AvgIpc) is 2.39. The van der Waals surface area contributed by atoms with Crippen LogP contribution in [0.4, 0.5) is 0 Å². The van der Waals surface area contributed by atoms with Gasteiger partial charge in [-0.2, -0.15) is 0 Å². The van der Waals surface area contributed by atoms with Crippen molar-refractivity contribution in [2.45, 2.75) is 32.9 Å². The van der Waals surface area contributed by atoms with Crippen molar-refractivity contribution in [2.24, 2.45) is 0 Å². The van der Waals surface area contributed by atoms with E-state index in [0.717, 1.165) is 31.8 Å². The van der Waals surface area contributed by atoms with Crippen LogP contribution in [0, 0.1) is 0 Å². The van der Waals surface area contributed by atoms with E-state index in [1.54, 1.807) is 0 Å². The SMILES string of the molecule is CC(C)Oc1ccccc1CNCCCNCCO. The summed E-state index contributed by atoms with van der Waals surface area (Å²) in [7, 11) is 0. The second-order valence-electron chi connectivity index (χ2n) is 4.78. The summed E-state index contributed by atoms with van der Waals surface area (Å²) in [4.78, 5) is 0. The maximum Gasteiger partial charge on any atom is 0.124 e. The molecule has 0 aliphatic heterocycles. The molecule has 0 aliphatic rings. The van der Waals surface area contributed by atoms with Crippen LogP contribution in [0.25, 0.3) is 0 Å². The van der Waals surface area contributed by atoms with E-state index in [0.29, 0.717) is 6.54 Å². The first-order valence-electron chi connectivity index (χ1n) is 7.01. The lowest BCUT2D eigenvalue weighted by Crippen LogP contribution is -2.24. The highest BCUT2D eigenvalue weighted by Gasteiger charge is 2.04. The van der Waals surface area contributed by atoms with Gasteiger partial charge < -0.3 is 20.5 Å². The molecule has 0 radical (unpaired) electrons. The molecule has 0 heterocycles. The molecule has 3 N–H and O–H groups in total. The van der Waals surface area contributed by atoms with E-state index in [1.165, 1.54) is 5.56 Å². The maximum atomic E-state index is 8.63. The minimum absolute atomic E-state index is 0.198. The Morgan fingerprint density at radius 1 is 1.11 bits per heavy atom. The summed E-state index contributed by atoms with van der Waals surface area (Å²) in [5.41, 5.74) is 1.19. The van der Waals surface area contributed by atoms with Gasteiger partial charge in [-0.3, -0.25) is 0 Å². The van der Waals surface area contributed by atoms with Crippen molar-refractivity contribution in [2.75, 3.05) is 26.2 Å². The molecular weight excluding hydrogens is 240 g/mol. The predicted octanol–water partition coefficient (Wildman–Crippen LogP) is 1.54. The number of hydrogen-bond acceptors (Lipinski definition) is 4. The first-order chi connectivity index (χ1) is 9.24. The molecule has 1 aromatic rings. The quantitative estimate of drug-likeness (QED) is 0.562. The lowest BCUT2D eigenvalue weighted by atomic mass is 10.2. The van der Waals surface area contributed by atoms with Crippen molar-refractivity contribution in [3.8, 4) is 5.75 Å². The van der Waals surface area contributed by atoms with Gasteiger partial charge in [-0.25, -0.2) is 0 Å². The van der Waals surface area contributed by atoms with Gasteiger partial charge in [-0.15, -0.1) is 0 Å². The highest BCUT2D eigenvalue weighted by atomic mass is 16.5. The molecule has 0 saturated carbocycles. The largest absolute Gasteiger partial charge is 0.491 e. The van der Waals surface area contributed by atoms with Crippen LogP contribution in [-0.4, -0.2) is 37.5 Å². The van der Waals surface area contributed by atoms with Gasteiger partial charge in [0, 0.05) is 18.7 Å². The van der Waals surface area contributed by atoms with Crippen LogP contribution in [0.1, 0.15) is 25.8 Å².